The van der Waals surface area contributed by atoms with E-state index in [-0.39, 0.29) is 29.6 Å². The van der Waals surface area contributed by atoms with Crippen LogP contribution in [0, 0.1) is 11.8 Å². The Morgan fingerprint density at radius 2 is 1.62 bits per heavy atom. The first-order chi connectivity index (χ1) is 13.8. The van der Waals surface area contributed by atoms with Crippen LogP contribution in [0.4, 0.5) is 5.69 Å². The van der Waals surface area contributed by atoms with Gasteiger partial charge in [-0.2, -0.15) is 0 Å². The van der Waals surface area contributed by atoms with Crippen molar-refractivity contribution < 1.29 is 28.7 Å². The number of rotatable bonds is 6. The van der Waals surface area contributed by atoms with Gasteiger partial charge in [-0.15, -0.1) is 0 Å². The van der Waals surface area contributed by atoms with Crippen molar-refractivity contribution in [2.45, 2.75) is 45.6 Å². The third kappa shape index (κ3) is 4.36. The molecule has 1 saturated heterocycles. The Morgan fingerprint density at radius 1 is 1.07 bits per heavy atom. The first-order valence-corrected chi connectivity index (χ1v) is 9.74. The summed E-state index contributed by atoms with van der Waals surface area (Å²) in [6, 6.07) is 5.12. The Hall–Kier alpha value is -3.03. The number of Topliss-reactive ketones (excluding diaryl/α,β-unsaturated/α-hetero) is 1. The van der Waals surface area contributed by atoms with E-state index in [2.05, 4.69) is 5.32 Å². The van der Waals surface area contributed by atoms with Crippen molar-refractivity contribution in [1.29, 1.82) is 0 Å². The molecule has 0 radical (unpaired) electrons. The number of nitrogens with one attached hydrogen (secondary N) is 1. The number of esters is 1. The molecule has 1 aromatic carbocycles. The third-order valence-corrected chi connectivity index (χ3v) is 5.48. The number of hydrogen-bond acceptors (Lipinski definition) is 6. The van der Waals surface area contributed by atoms with Crippen LogP contribution < -0.4 is 5.32 Å². The molecule has 0 spiro atoms. The Kier molecular flexibility index (Phi) is 6.10. The summed E-state index contributed by atoms with van der Waals surface area (Å²) in [6.07, 6.45) is 3.14. The number of nitrogens with zero attached hydrogens (tertiary/aromatic N) is 1. The van der Waals surface area contributed by atoms with E-state index in [4.69, 9.17) is 4.74 Å². The monoisotopic (exact) mass is 400 g/mol. The number of carbonyl (C=O) groups excluding carboxylic acids is 5. The van der Waals surface area contributed by atoms with Crippen molar-refractivity contribution in [3.05, 3.63) is 29.8 Å². The lowest BCUT2D eigenvalue weighted by molar-refractivity contribution is -0.157. The van der Waals surface area contributed by atoms with Gasteiger partial charge in [-0.1, -0.05) is 12.8 Å². The second-order valence-corrected chi connectivity index (χ2v) is 7.51. The molecule has 1 saturated carbocycles. The lowest BCUT2D eigenvalue weighted by Crippen LogP contribution is -2.44. The summed E-state index contributed by atoms with van der Waals surface area (Å²) in [5.74, 6) is -2.74. The number of benzene rings is 1. The summed E-state index contributed by atoms with van der Waals surface area (Å²) in [5.41, 5.74) is 0.867. The normalized spacial score (nSPS) is 22.1. The summed E-state index contributed by atoms with van der Waals surface area (Å²) in [4.78, 5) is 61.8. The van der Waals surface area contributed by atoms with E-state index in [1.807, 2.05) is 0 Å². The van der Waals surface area contributed by atoms with Crippen LogP contribution in [0.15, 0.2) is 24.3 Å². The van der Waals surface area contributed by atoms with Crippen LogP contribution in [-0.4, -0.2) is 47.0 Å². The Bertz CT molecular complexity index is 823. The molecule has 3 atom stereocenters. The Balaban J connectivity index is 1.57. The summed E-state index contributed by atoms with van der Waals surface area (Å²) in [5, 5.41) is 2.59. The minimum atomic E-state index is -1.06. The smallest absolute Gasteiger partial charge is 0.329 e. The zero-order valence-electron chi connectivity index (χ0n) is 16.5. The van der Waals surface area contributed by atoms with E-state index in [9.17, 15) is 24.0 Å². The number of likely N-dealkylation sites (tertiary alicyclic amines) is 1. The largest absolute Gasteiger partial charge is 0.456 e. The van der Waals surface area contributed by atoms with E-state index in [0.29, 0.717) is 24.1 Å². The quantitative estimate of drug-likeness (QED) is 0.444. The molecule has 3 amide bonds. The van der Waals surface area contributed by atoms with Gasteiger partial charge in [0.25, 0.3) is 0 Å². The molecule has 1 aliphatic carbocycles. The van der Waals surface area contributed by atoms with Crippen molar-refractivity contribution in [2.24, 2.45) is 11.8 Å². The molecular weight excluding hydrogens is 376 g/mol. The number of ketones is 1. The van der Waals surface area contributed by atoms with Crippen molar-refractivity contribution in [1.82, 2.24) is 4.90 Å². The summed E-state index contributed by atoms with van der Waals surface area (Å²) < 4.78 is 5.07. The number of carbonyl (C=O) groups is 5. The van der Waals surface area contributed by atoms with Gasteiger partial charge in [-0.3, -0.25) is 24.1 Å². The number of anilines is 1. The van der Waals surface area contributed by atoms with E-state index >= 15 is 0 Å². The average Bonchev–Trinajstić information content (AvgIpc) is 2.96. The van der Waals surface area contributed by atoms with Gasteiger partial charge in [0.05, 0.1) is 11.8 Å². The van der Waals surface area contributed by atoms with Crippen molar-refractivity contribution in [3.63, 3.8) is 0 Å². The molecule has 8 nitrogen and oxygen atoms in total. The number of amides is 3. The highest BCUT2D eigenvalue weighted by Crippen LogP contribution is 2.38. The van der Waals surface area contributed by atoms with Crippen LogP contribution in [0.1, 0.15) is 49.9 Å². The highest BCUT2D eigenvalue weighted by atomic mass is 16.5. The lowest BCUT2D eigenvalue weighted by Gasteiger charge is -2.21. The van der Waals surface area contributed by atoms with Crippen molar-refractivity contribution in [3.8, 4) is 0 Å². The van der Waals surface area contributed by atoms with Crippen LogP contribution in [0.25, 0.3) is 0 Å². The second kappa shape index (κ2) is 8.55. The van der Waals surface area contributed by atoms with Gasteiger partial charge in [0.1, 0.15) is 6.04 Å². The first kappa shape index (κ1) is 20.7. The Morgan fingerprint density at radius 3 is 2.14 bits per heavy atom. The molecule has 0 aromatic heterocycles. The average molecular weight is 400 g/mol. The highest BCUT2D eigenvalue weighted by molar-refractivity contribution is 6.08. The molecule has 2 fully saturated rings. The molecule has 154 valence electrons. The van der Waals surface area contributed by atoms with Gasteiger partial charge in [0.15, 0.2) is 12.4 Å². The van der Waals surface area contributed by atoms with Gasteiger partial charge in [-0.05, 0) is 44.0 Å². The SMILES string of the molecule is CC(=O)Nc1ccc(C(=O)COC(=O)C(C)N2C(=O)C3CCCCC3C2=O)cc1. The maximum atomic E-state index is 12.6. The maximum Gasteiger partial charge on any atom is 0.329 e. The number of fused-ring (bicyclic) bond motifs is 1. The van der Waals surface area contributed by atoms with E-state index in [1.165, 1.54) is 26.0 Å². The fourth-order valence-electron chi connectivity index (χ4n) is 3.96. The summed E-state index contributed by atoms with van der Waals surface area (Å²) in [7, 11) is 0. The van der Waals surface area contributed by atoms with Crippen LogP contribution in [-0.2, 0) is 23.9 Å². The molecule has 1 heterocycles. The summed E-state index contributed by atoms with van der Waals surface area (Å²) >= 11 is 0. The summed E-state index contributed by atoms with van der Waals surface area (Å²) in [6.45, 7) is 2.33. The molecule has 8 heteroatoms. The van der Waals surface area contributed by atoms with Gasteiger partial charge in [0.2, 0.25) is 17.7 Å². The second-order valence-electron chi connectivity index (χ2n) is 7.51. The first-order valence-electron chi connectivity index (χ1n) is 9.74. The molecule has 1 aromatic rings. The van der Waals surface area contributed by atoms with Gasteiger partial charge in [-0.25, -0.2) is 4.79 Å². The third-order valence-electron chi connectivity index (χ3n) is 5.48. The van der Waals surface area contributed by atoms with Gasteiger partial charge < -0.3 is 10.1 Å². The number of imide groups is 1. The molecule has 3 rings (SSSR count). The minimum Gasteiger partial charge on any atom is -0.456 e. The molecule has 29 heavy (non-hydrogen) atoms. The number of hydrogen-bond donors (Lipinski definition) is 1. The maximum absolute atomic E-state index is 12.6. The van der Waals surface area contributed by atoms with Crippen LogP contribution in [0.3, 0.4) is 0 Å². The van der Waals surface area contributed by atoms with E-state index < -0.39 is 24.4 Å². The van der Waals surface area contributed by atoms with E-state index in [0.717, 1.165) is 17.7 Å². The molecule has 0 bridgehead atoms. The molecular formula is C21H24N2O6. The van der Waals surface area contributed by atoms with Gasteiger partial charge >= 0.3 is 5.97 Å². The predicted octanol–water partition coefficient (Wildman–Crippen LogP) is 1.93. The van der Waals surface area contributed by atoms with Crippen molar-refractivity contribution >= 4 is 35.2 Å². The van der Waals surface area contributed by atoms with E-state index in [1.54, 1.807) is 12.1 Å². The van der Waals surface area contributed by atoms with Crippen molar-refractivity contribution in [2.75, 3.05) is 11.9 Å². The van der Waals surface area contributed by atoms with Crippen LogP contribution in [0.2, 0.25) is 0 Å². The zero-order valence-corrected chi connectivity index (χ0v) is 16.5. The predicted molar refractivity (Wildman–Crippen MR) is 103 cm³/mol. The standard InChI is InChI=1S/C21H24N2O6/c1-12(23-19(26)16-5-3-4-6-17(16)20(23)27)21(28)29-11-18(25)14-7-9-15(10-8-14)22-13(2)24/h7-10,12,16-17H,3-6,11H2,1-2H3,(H,22,24). The molecule has 3 unspecified atom stereocenters. The zero-order chi connectivity index (χ0) is 21.1. The molecule has 2 aliphatic rings. The molecule has 1 N–H and O–H groups in total. The fourth-order valence-corrected chi connectivity index (χ4v) is 3.96. The van der Waals surface area contributed by atoms with Crippen LogP contribution >= 0.6 is 0 Å². The van der Waals surface area contributed by atoms with Crippen LogP contribution in [0.5, 0.6) is 0 Å². The van der Waals surface area contributed by atoms with Gasteiger partial charge in [0, 0.05) is 18.2 Å². The minimum absolute atomic E-state index is 0.224. The Labute approximate surface area is 168 Å². The number of ether oxygens (including phenoxy) is 1. The lowest BCUT2D eigenvalue weighted by atomic mass is 9.81. The molecule has 1 aliphatic heterocycles. The topological polar surface area (TPSA) is 110 Å². The fraction of sp³-hybridized carbons (Fsp3) is 0.476. The highest BCUT2D eigenvalue weighted by Gasteiger charge is 2.51.